The molecule has 9 heteroatoms. The number of carbonyl (C=O) groups is 2. The maximum absolute atomic E-state index is 13.2. The molecule has 1 N–H and O–H groups in total. The molecule has 0 saturated carbocycles. The van der Waals surface area contributed by atoms with Crippen LogP contribution in [0.5, 0.6) is 0 Å². The van der Waals surface area contributed by atoms with Gasteiger partial charge in [0.1, 0.15) is 10.2 Å². The molecule has 0 aromatic heterocycles. The van der Waals surface area contributed by atoms with Crippen LogP contribution in [0.1, 0.15) is 5.56 Å². The summed E-state index contributed by atoms with van der Waals surface area (Å²) in [5.41, 5.74) is 2.66. The van der Waals surface area contributed by atoms with E-state index in [0.717, 1.165) is 15.8 Å². The first-order chi connectivity index (χ1) is 15.1. The van der Waals surface area contributed by atoms with Crippen LogP contribution in [-0.4, -0.2) is 64.5 Å². The van der Waals surface area contributed by atoms with E-state index in [1.54, 1.807) is 23.9 Å². The second-order valence-electron chi connectivity index (χ2n) is 7.30. The summed E-state index contributed by atoms with van der Waals surface area (Å²) >= 11 is 3.16. The molecule has 0 bridgehead atoms. The van der Waals surface area contributed by atoms with Crippen molar-refractivity contribution >= 4 is 51.1 Å². The molecule has 1 saturated heterocycles. The number of rotatable bonds is 5. The van der Waals surface area contributed by atoms with E-state index in [0.29, 0.717) is 37.6 Å². The van der Waals surface area contributed by atoms with Gasteiger partial charge in [-0.3, -0.25) is 14.5 Å². The maximum atomic E-state index is 13.2. The van der Waals surface area contributed by atoms with Gasteiger partial charge in [0.15, 0.2) is 0 Å². The summed E-state index contributed by atoms with van der Waals surface area (Å²) in [5, 5.41) is 2.71. The first-order valence-corrected chi connectivity index (χ1v) is 12.0. The molecule has 0 spiro atoms. The Kier molecular flexibility index (Phi) is 7.26. The molecular formula is C22H23FN4O2S2. The molecule has 31 heavy (non-hydrogen) atoms. The van der Waals surface area contributed by atoms with Gasteiger partial charge in [0.2, 0.25) is 11.8 Å². The maximum Gasteiger partial charge on any atom is 0.238 e. The molecule has 1 fully saturated rings. The fraction of sp³-hybridized carbons (Fsp3) is 0.318. The Morgan fingerprint density at radius 2 is 1.90 bits per heavy atom. The average Bonchev–Trinajstić information content (AvgIpc) is 2.78. The minimum Gasteiger partial charge on any atom is -0.339 e. The predicted octanol–water partition coefficient (Wildman–Crippen LogP) is 3.58. The molecule has 2 heterocycles. The topological polar surface area (TPSA) is 65.0 Å². The van der Waals surface area contributed by atoms with Crippen LogP contribution in [0.4, 0.5) is 15.8 Å². The zero-order valence-corrected chi connectivity index (χ0v) is 18.6. The van der Waals surface area contributed by atoms with Crippen LogP contribution < -0.4 is 5.32 Å². The Bertz CT molecular complexity index is 993. The van der Waals surface area contributed by atoms with Crippen molar-refractivity contribution in [3.05, 3.63) is 59.9 Å². The fourth-order valence-corrected chi connectivity index (χ4v) is 5.39. The van der Waals surface area contributed by atoms with E-state index < -0.39 is 0 Å². The van der Waals surface area contributed by atoms with E-state index in [4.69, 9.17) is 0 Å². The highest BCUT2D eigenvalue weighted by atomic mass is 32.2. The predicted molar refractivity (Wildman–Crippen MR) is 125 cm³/mol. The van der Waals surface area contributed by atoms with Gasteiger partial charge in [0.05, 0.1) is 18.0 Å². The van der Waals surface area contributed by atoms with Crippen molar-refractivity contribution in [2.75, 3.05) is 43.8 Å². The van der Waals surface area contributed by atoms with Crippen molar-refractivity contribution < 1.29 is 14.0 Å². The summed E-state index contributed by atoms with van der Waals surface area (Å²) in [4.78, 5) is 33.3. The van der Waals surface area contributed by atoms with Crippen LogP contribution in [0.3, 0.4) is 0 Å². The van der Waals surface area contributed by atoms with Crippen LogP contribution in [0, 0.1) is 5.82 Å². The van der Waals surface area contributed by atoms with Crippen molar-refractivity contribution in [1.29, 1.82) is 0 Å². The van der Waals surface area contributed by atoms with Gasteiger partial charge >= 0.3 is 0 Å². The highest BCUT2D eigenvalue weighted by Gasteiger charge is 2.23. The van der Waals surface area contributed by atoms with Gasteiger partial charge in [0, 0.05) is 37.6 Å². The third-order valence-corrected chi connectivity index (χ3v) is 7.30. The molecule has 0 unspecified atom stereocenters. The summed E-state index contributed by atoms with van der Waals surface area (Å²) in [6.07, 6.45) is 0. The molecule has 6 nitrogen and oxygen atoms in total. The van der Waals surface area contributed by atoms with E-state index in [9.17, 15) is 14.0 Å². The third kappa shape index (κ3) is 6.09. The lowest BCUT2D eigenvalue weighted by atomic mass is 10.2. The van der Waals surface area contributed by atoms with Gasteiger partial charge in [-0.2, -0.15) is 0 Å². The van der Waals surface area contributed by atoms with Crippen molar-refractivity contribution in [2.45, 2.75) is 5.75 Å². The second-order valence-corrected chi connectivity index (χ2v) is 9.49. The Labute approximate surface area is 189 Å². The number of hydrogen-bond donors (Lipinski definition) is 1. The van der Waals surface area contributed by atoms with Gasteiger partial charge in [-0.05, 0) is 29.8 Å². The molecule has 0 aliphatic carbocycles. The van der Waals surface area contributed by atoms with Crippen LogP contribution in [0.15, 0.2) is 53.5 Å². The number of thioether (sulfide) groups is 2. The number of nitrogens with zero attached hydrogens (tertiary/aromatic N) is 3. The fourth-order valence-electron chi connectivity index (χ4n) is 3.43. The number of hydrogen-bond acceptors (Lipinski definition) is 6. The van der Waals surface area contributed by atoms with Crippen molar-refractivity contribution in [3.8, 4) is 0 Å². The molecule has 2 aromatic carbocycles. The van der Waals surface area contributed by atoms with Crippen molar-refractivity contribution in [1.82, 2.24) is 9.80 Å². The van der Waals surface area contributed by atoms with Crippen molar-refractivity contribution in [2.24, 2.45) is 4.99 Å². The van der Waals surface area contributed by atoms with Crippen LogP contribution in [-0.2, 0) is 15.3 Å². The molecule has 2 aliphatic rings. The number of para-hydroxylation sites is 1. The number of benzene rings is 2. The molecule has 2 amide bonds. The normalized spacial score (nSPS) is 16.4. The number of amides is 2. The van der Waals surface area contributed by atoms with E-state index >= 15 is 0 Å². The first kappa shape index (κ1) is 21.9. The summed E-state index contributed by atoms with van der Waals surface area (Å²) < 4.78 is 14.2. The molecule has 0 atom stereocenters. The molecule has 2 aliphatic heterocycles. The molecule has 0 radical (unpaired) electrons. The molecular weight excluding hydrogens is 435 g/mol. The first-order valence-electron chi connectivity index (χ1n) is 10.0. The van der Waals surface area contributed by atoms with Crippen LogP contribution >= 0.6 is 23.5 Å². The summed E-state index contributed by atoms with van der Waals surface area (Å²) in [7, 11) is 0. The van der Waals surface area contributed by atoms with Gasteiger partial charge in [-0.25, -0.2) is 9.38 Å². The lowest BCUT2D eigenvalue weighted by Crippen LogP contribution is -2.51. The zero-order chi connectivity index (χ0) is 21.6. The van der Waals surface area contributed by atoms with E-state index in [1.165, 1.54) is 29.5 Å². The number of aliphatic imine (C=N–C) groups is 1. The second kappa shape index (κ2) is 10.3. The summed E-state index contributed by atoms with van der Waals surface area (Å²) in [5.74, 6) is 0.773. The van der Waals surface area contributed by atoms with Gasteiger partial charge < -0.3 is 10.2 Å². The van der Waals surface area contributed by atoms with E-state index in [1.807, 2.05) is 28.0 Å². The average molecular weight is 459 g/mol. The Morgan fingerprint density at radius 3 is 2.71 bits per heavy atom. The number of carbonyl (C=O) groups excluding carboxylic acids is 2. The third-order valence-electron chi connectivity index (χ3n) is 5.07. The highest BCUT2D eigenvalue weighted by molar-refractivity contribution is 8.38. The number of fused-ring (bicyclic) bond motifs is 1. The lowest BCUT2D eigenvalue weighted by molar-refractivity contribution is -0.130. The van der Waals surface area contributed by atoms with Crippen LogP contribution in [0.2, 0.25) is 0 Å². The van der Waals surface area contributed by atoms with Gasteiger partial charge in [-0.15, -0.1) is 0 Å². The summed E-state index contributed by atoms with van der Waals surface area (Å²) in [6, 6.07) is 13.9. The smallest absolute Gasteiger partial charge is 0.238 e. The Morgan fingerprint density at radius 1 is 1.10 bits per heavy atom. The lowest BCUT2D eigenvalue weighted by Gasteiger charge is -2.34. The quantitative estimate of drug-likeness (QED) is 0.742. The number of halogens is 1. The van der Waals surface area contributed by atoms with Crippen LogP contribution in [0.25, 0.3) is 0 Å². The SMILES string of the molecule is O=C(CN1CCN(C(=O)CSC2=Nc3ccccc3CS2)CC1)Nc1cccc(F)c1. The molecule has 4 rings (SSSR count). The highest BCUT2D eigenvalue weighted by Crippen LogP contribution is 2.34. The van der Waals surface area contributed by atoms with Crippen molar-refractivity contribution in [3.63, 3.8) is 0 Å². The summed E-state index contributed by atoms with van der Waals surface area (Å²) in [6.45, 7) is 2.68. The Hall–Kier alpha value is -2.36. The Balaban J connectivity index is 1.19. The van der Waals surface area contributed by atoms with E-state index in [-0.39, 0.29) is 24.2 Å². The van der Waals surface area contributed by atoms with Gasteiger partial charge in [-0.1, -0.05) is 47.8 Å². The van der Waals surface area contributed by atoms with Gasteiger partial charge in [0.25, 0.3) is 0 Å². The minimum absolute atomic E-state index is 0.0935. The molecule has 2 aromatic rings. The monoisotopic (exact) mass is 458 g/mol. The number of anilines is 1. The standard InChI is InChI=1S/C22H23FN4O2S2/c23-17-5-3-6-18(12-17)24-20(28)13-26-8-10-27(11-9-26)21(29)15-31-22-25-19-7-2-1-4-16(19)14-30-22/h1-7,12H,8-11,13-15H2,(H,24,28). The van der Waals surface area contributed by atoms with E-state index in [2.05, 4.69) is 16.4 Å². The minimum atomic E-state index is -0.385. The number of nitrogens with one attached hydrogen (secondary N) is 1. The molecule has 162 valence electrons. The zero-order valence-electron chi connectivity index (χ0n) is 16.9. The largest absolute Gasteiger partial charge is 0.339 e. The number of piperazine rings is 1.